The lowest BCUT2D eigenvalue weighted by Gasteiger charge is -2.06. The Labute approximate surface area is 171 Å². The number of hydrogen-bond acceptors (Lipinski definition) is 5. The molecule has 0 aromatic rings. The van der Waals surface area contributed by atoms with Gasteiger partial charge in [0, 0.05) is 0 Å². The van der Waals surface area contributed by atoms with Gasteiger partial charge in [-0.15, -0.1) is 0 Å². The molecule has 7 heteroatoms. The SMILES string of the molecule is CCC=CCC=CCC=CC=CC=CC=CCC=CCC([C]=O)([N+](=O)[O-])[N+](=O)[O-]. The van der Waals surface area contributed by atoms with Crippen LogP contribution in [0.15, 0.2) is 85.1 Å². The van der Waals surface area contributed by atoms with Gasteiger partial charge in [0.2, 0.25) is 0 Å². The third-order valence-electron chi connectivity index (χ3n) is 3.55. The third kappa shape index (κ3) is 11.9. The second kappa shape index (κ2) is 16.8. The molecule has 155 valence electrons. The van der Waals surface area contributed by atoms with Gasteiger partial charge in [0.05, 0.1) is 0 Å². The summed E-state index contributed by atoms with van der Waals surface area (Å²) in [6.07, 6.45) is 30.0. The Balaban J connectivity index is 4.13. The van der Waals surface area contributed by atoms with Gasteiger partial charge in [-0.25, -0.2) is 0 Å². The van der Waals surface area contributed by atoms with Crippen LogP contribution < -0.4 is 0 Å². The third-order valence-corrected chi connectivity index (χ3v) is 3.55. The Morgan fingerprint density at radius 1 is 0.690 bits per heavy atom. The van der Waals surface area contributed by atoms with E-state index in [1.807, 2.05) is 30.4 Å². The summed E-state index contributed by atoms with van der Waals surface area (Å²) in [4.78, 5) is 29.6. The molecule has 0 aliphatic heterocycles. The van der Waals surface area contributed by atoms with E-state index in [1.165, 1.54) is 12.2 Å². The molecule has 0 heterocycles. The highest BCUT2D eigenvalue weighted by Gasteiger charge is 2.56. The largest absolute Gasteiger partial charge is 0.527 e. The molecule has 0 aliphatic carbocycles. The van der Waals surface area contributed by atoms with Gasteiger partial charge >= 0.3 is 11.9 Å². The summed E-state index contributed by atoms with van der Waals surface area (Å²) in [5, 5.41) is 21.5. The van der Waals surface area contributed by atoms with Crippen LogP contribution in [0, 0.1) is 20.2 Å². The Morgan fingerprint density at radius 2 is 1.10 bits per heavy atom. The fourth-order valence-electron chi connectivity index (χ4n) is 1.94. The predicted octanol–water partition coefficient (Wildman–Crippen LogP) is 5.21. The van der Waals surface area contributed by atoms with Crippen molar-refractivity contribution in [3.63, 3.8) is 0 Å². The van der Waals surface area contributed by atoms with Crippen LogP contribution in [0.1, 0.15) is 39.0 Å². The molecule has 0 rings (SSSR count). The van der Waals surface area contributed by atoms with Crippen LogP contribution in [-0.2, 0) is 4.79 Å². The van der Waals surface area contributed by atoms with E-state index in [1.54, 1.807) is 12.2 Å². The Bertz CT molecular complexity index is 699. The molecule has 0 spiro atoms. The van der Waals surface area contributed by atoms with Crippen LogP contribution in [0.2, 0.25) is 0 Å². The van der Waals surface area contributed by atoms with Crippen LogP contribution in [-0.4, -0.2) is 21.8 Å². The monoisotopic (exact) mass is 399 g/mol. The lowest BCUT2D eigenvalue weighted by Crippen LogP contribution is -2.47. The molecule has 0 unspecified atom stereocenters. The van der Waals surface area contributed by atoms with Gasteiger partial charge in [0.15, 0.2) is 0 Å². The van der Waals surface area contributed by atoms with Gasteiger partial charge < -0.3 is 0 Å². The van der Waals surface area contributed by atoms with Crippen molar-refractivity contribution in [2.24, 2.45) is 0 Å². The van der Waals surface area contributed by atoms with Crippen molar-refractivity contribution in [1.29, 1.82) is 0 Å². The molecule has 0 atom stereocenters. The minimum Gasteiger partial charge on any atom is -0.273 e. The van der Waals surface area contributed by atoms with Crippen LogP contribution >= 0.6 is 0 Å². The Hall–Kier alpha value is -3.35. The quantitative estimate of drug-likeness (QED) is 0.124. The van der Waals surface area contributed by atoms with Gasteiger partial charge in [-0.2, -0.15) is 0 Å². The molecule has 0 aromatic carbocycles. The van der Waals surface area contributed by atoms with E-state index >= 15 is 0 Å². The fraction of sp³-hybridized carbons (Fsp3) is 0.318. The van der Waals surface area contributed by atoms with Gasteiger partial charge in [-0.1, -0.05) is 92.0 Å². The van der Waals surface area contributed by atoms with Crippen molar-refractivity contribution in [3.8, 4) is 0 Å². The Kier molecular flexibility index (Phi) is 14.9. The van der Waals surface area contributed by atoms with Crippen LogP contribution in [0.4, 0.5) is 0 Å². The first-order chi connectivity index (χ1) is 14.0. The highest BCUT2D eigenvalue weighted by atomic mass is 16.7. The maximum atomic E-state index is 10.7. The molecule has 0 amide bonds. The van der Waals surface area contributed by atoms with Crippen LogP contribution in [0.3, 0.4) is 0 Å². The first-order valence-electron chi connectivity index (χ1n) is 9.29. The second-order valence-corrected chi connectivity index (χ2v) is 5.79. The molecule has 0 saturated heterocycles. The van der Waals surface area contributed by atoms with E-state index in [0.717, 1.165) is 25.5 Å². The highest BCUT2D eigenvalue weighted by molar-refractivity contribution is 5.60. The van der Waals surface area contributed by atoms with Crippen molar-refractivity contribution >= 4 is 6.29 Å². The molecule has 1 radical (unpaired) electrons. The summed E-state index contributed by atoms with van der Waals surface area (Å²) >= 11 is 0. The number of rotatable bonds is 15. The minimum absolute atomic E-state index is 0.429. The van der Waals surface area contributed by atoms with Gasteiger partial charge in [0.25, 0.3) is 0 Å². The summed E-state index contributed by atoms with van der Waals surface area (Å²) in [5.41, 5.74) is -2.93. The number of nitrogens with zero attached hydrogens (tertiary/aromatic N) is 2. The number of carbonyl (C=O) groups excluding carboxylic acids is 1. The van der Waals surface area contributed by atoms with E-state index < -0.39 is 21.9 Å². The number of nitro groups is 2. The zero-order valence-corrected chi connectivity index (χ0v) is 16.6. The predicted molar refractivity (Wildman–Crippen MR) is 115 cm³/mol. The molecule has 0 aromatic heterocycles. The van der Waals surface area contributed by atoms with Gasteiger partial charge in [-0.05, 0) is 25.7 Å². The molecule has 0 fully saturated rings. The zero-order valence-electron chi connectivity index (χ0n) is 16.6. The first-order valence-corrected chi connectivity index (χ1v) is 9.29. The maximum absolute atomic E-state index is 10.7. The average molecular weight is 399 g/mol. The lowest BCUT2D eigenvalue weighted by atomic mass is 10.1. The molecule has 29 heavy (non-hydrogen) atoms. The van der Waals surface area contributed by atoms with Crippen molar-refractivity contribution < 1.29 is 14.6 Å². The summed E-state index contributed by atoms with van der Waals surface area (Å²) in [6, 6.07) is 0. The van der Waals surface area contributed by atoms with E-state index in [9.17, 15) is 25.0 Å². The summed E-state index contributed by atoms with van der Waals surface area (Å²) in [5.74, 6) is 0. The van der Waals surface area contributed by atoms with Crippen molar-refractivity contribution in [1.82, 2.24) is 0 Å². The fourth-order valence-corrected chi connectivity index (χ4v) is 1.94. The molecule has 0 bridgehead atoms. The van der Waals surface area contributed by atoms with Crippen LogP contribution in [0.25, 0.3) is 0 Å². The van der Waals surface area contributed by atoms with Crippen LogP contribution in [0.5, 0.6) is 0 Å². The molecule has 0 aliphatic rings. The van der Waals surface area contributed by atoms with E-state index in [4.69, 9.17) is 0 Å². The summed E-state index contributed by atoms with van der Waals surface area (Å²) < 4.78 is 0. The highest BCUT2D eigenvalue weighted by Crippen LogP contribution is 2.14. The topological polar surface area (TPSA) is 103 Å². The first kappa shape index (κ1) is 25.6. The second-order valence-electron chi connectivity index (χ2n) is 5.79. The number of allylic oxidation sites excluding steroid dienone is 13. The molecule has 7 nitrogen and oxygen atoms in total. The zero-order chi connectivity index (χ0) is 21.8. The molecule has 0 saturated carbocycles. The molecule has 0 N–H and O–H groups in total. The van der Waals surface area contributed by atoms with E-state index in [2.05, 4.69) is 37.3 Å². The normalized spacial score (nSPS) is 13.4. The van der Waals surface area contributed by atoms with E-state index in [-0.39, 0.29) is 0 Å². The van der Waals surface area contributed by atoms with Crippen molar-refractivity contribution in [3.05, 3.63) is 105 Å². The maximum Gasteiger partial charge on any atom is 0.527 e. The summed E-state index contributed by atoms with van der Waals surface area (Å²) in [6.45, 7) is 2.11. The lowest BCUT2D eigenvalue weighted by molar-refractivity contribution is -0.770. The summed E-state index contributed by atoms with van der Waals surface area (Å²) in [7, 11) is 0. The van der Waals surface area contributed by atoms with Crippen molar-refractivity contribution in [2.75, 3.05) is 0 Å². The smallest absolute Gasteiger partial charge is 0.273 e. The standard InChI is InChI=1S/C22H27N2O5/c1-2-3-4-5-6-7-8-9-10-11-12-13-14-15-16-17-18-19-20-22(21-25,23(26)27)24(28)29/h3-4,6-7,9-16,18-19H,2,5,8,17,20H2,1H3. The minimum atomic E-state index is -2.93. The van der Waals surface area contributed by atoms with Crippen molar-refractivity contribution in [2.45, 2.75) is 44.7 Å². The molecular weight excluding hydrogens is 372 g/mol. The molecular formula is C22H27N2O5. The van der Waals surface area contributed by atoms with E-state index in [0.29, 0.717) is 6.42 Å². The van der Waals surface area contributed by atoms with Gasteiger partial charge in [-0.3, -0.25) is 25.0 Å². The number of hydrogen-bond donors (Lipinski definition) is 0. The van der Waals surface area contributed by atoms with Gasteiger partial charge in [0.1, 0.15) is 16.3 Å². The average Bonchev–Trinajstić information content (AvgIpc) is 2.69. The Morgan fingerprint density at radius 3 is 1.55 bits per heavy atom.